The zero-order chi connectivity index (χ0) is 15.0. The molecular weight excluding hydrogens is 260 g/mol. The second kappa shape index (κ2) is 5.24. The molecule has 1 unspecified atom stereocenters. The van der Waals surface area contributed by atoms with Gasteiger partial charge in [-0.25, -0.2) is 4.79 Å². The Bertz CT molecular complexity index is 398. The van der Waals surface area contributed by atoms with Gasteiger partial charge < -0.3 is 14.7 Å². The van der Waals surface area contributed by atoms with Crippen LogP contribution in [0.5, 0.6) is 0 Å². The maximum atomic E-state index is 12.1. The first-order valence-corrected chi connectivity index (χ1v) is 7.21. The first-order valence-electron chi connectivity index (χ1n) is 7.21. The van der Waals surface area contributed by atoms with Gasteiger partial charge in [0.05, 0.1) is 6.54 Å². The minimum atomic E-state index is -0.923. The van der Waals surface area contributed by atoms with Gasteiger partial charge in [0.25, 0.3) is 0 Å². The average molecular weight is 284 g/mol. The van der Waals surface area contributed by atoms with Crippen molar-refractivity contribution in [3.63, 3.8) is 0 Å². The summed E-state index contributed by atoms with van der Waals surface area (Å²) >= 11 is 0. The molecule has 20 heavy (non-hydrogen) atoms. The number of likely N-dealkylation sites (tertiary alicyclic amines) is 2. The number of rotatable bonds is 2. The van der Waals surface area contributed by atoms with Crippen LogP contribution < -0.4 is 0 Å². The van der Waals surface area contributed by atoms with E-state index < -0.39 is 23.2 Å². The van der Waals surface area contributed by atoms with Gasteiger partial charge in [-0.1, -0.05) is 0 Å². The number of carboxylic acids is 1. The lowest BCUT2D eigenvalue weighted by molar-refractivity contribution is -0.150. The Morgan fingerprint density at radius 3 is 2.25 bits per heavy atom. The van der Waals surface area contributed by atoms with E-state index in [1.165, 1.54) is 4.90 Å². The van der Waals surface area contributed by atoms with Gasteiger partial charge in [-0.05, 0) is 53.1 Å². The van der Waals surface area contributed by atoms with Crippen LogP contribution >= 0.6 is 0 Å². The van der Waals surface area contributed by atoms with Crippen molar-refractivity contribution in [1.29, 1.82) is 0 Å². The van der Waals surface area contributed by atoms with Crippen LogP contribution in [0.25, 0.3) is 0 Å². The van der Waals surface area contributed by atoms with E-state index in [-0.39, 0.29) is 6.54 Å². The van der Waals surface area contributed by atoms with E-state index in [0.717, 1.165) is 25.9 Å². The quantitative estimate of drug-likeness (QED) is 0.833. The summed E-state index contributed by atoms with van der Waals surface area (Å²) in [4.78, 5) is 27.4. The number of amides is 1. The summed E-state index contributed by atoms with van der Waals surface area (Å²) in [6.45, 7) is 7.70. The van der Waals surface area contributed by atoms with Crippen molar-refractivity contribution in [2.45, 2.75) is 51.2 Å². The molecule has 0 aromatic carbocycles. The SMILES string of the molecule is CC(C)(C)OC(=O)N1CCC(C(=O)O)(N2CCCC2)C1. The Morgan fingerprint density at radius 1 is 1.15 bits per heavy atom. The maximum Gasteiger partial charge on any atom is 0.410 e. The van der Waals surface area contributed by atoms with Gasteiger partial charge in [0, 0.05) is 6.54 Å². The molecule has 114 valence electrons. The number of ether oxygens (including phenoxy) is 1. The van der Waals surface area contributed by atoms with E-state index >= 15 is 0 Å². The molecule has 6 nitrogen and oxygen atoms in total. The van der Waals surface area contributed by atoms with Crippen LogP contribution in [0.2, 0.25) is 0 Å². The first kappa shape index (κ1) is 15.1. The van der Waals surface area contributed by atoms with Crippen molar-refractivity contribution in [2.75, 3.05) is 26.2 Å². The number of hydrogen-bond acceptors (Lipinski definition) is 4. The normalized spacial score (nSPS) is 27.9. The van der Waals surface area contributed by atoms with Gasteiger partial charge >= 0.3 is 12.1 Å². The van der Waals surface area contributed by atoms with Gasteiger partial charge in [0.1, 0.15) is 11.1 Å². The topological polar surface area (TPSA) is 70.1 Å². The molecule has 2 aliphatic heterocycles. The highest BCUT2D eigenvalue weighted by Crippen LogP contribution is 2.32. The van der Waals surface area contributed by atoms with Gasteiger partial charge in [-0.2, -0.15) is 0 Å². The van der Waals surface area contributed by atoms with Crippen LogP contribution in [0, 0.1) is 0 Å². The molecule has 0 saturated carbocycles. The summed E-state index contributed by atoms with van der Waals surface area (Å²) < 4.78 is 5.33. The monoisotopic (exact) mass is 284 g/mol. The molecule has 1 amide bonds. The molecule has 1 atom stereocenters. The zero-order valence-corrected chi connectivity index (χ0v) is 12.5. The number of hydrogen-bond donors (Lipinski definition) is 1. The predicted octanol–water partition coefficient (Wildman–Crippen LogP) is 1.55. The molecule has 2 fully saturated rings. The van der Waals surface area contributed by atoms with Crippen LogP contribution in [0.4, 0.5) is 4.79 Å². The van der Waals surface area contributed by atoms with Crippen molar-refractivity contribution in [2.24, 2.45) is 0 Å². The first-order chi connectivity index (χ1) is 9.24. The second-order valence-corrected chi connectivity index (χ2v) is 6.68. The second-order valence-electron chi connectivity index (χ2n) is 6.68. The molecular formula is C14H24N2O4. The van der Waals surface area contributed by atoms with Gasteiger partial charge in [0.15, 0.2) is 0 Å². The van der Waals surface area contributed by atoms with Gasteiger partial charge in [-0.3, -0.25) is 9.69 Å². The van der Waals surface area contributed by atoms with E-state index in [9.17, 15) is 14.7 Å². The van der Waals surface area contributed by atoms with Crippen molar-refractivity contribution in [3.8, 4) is 0 Å². The minimum Gasteiger partial charge on any atom is -0.480 e. The molecule has 0 spiro atoms. The van der Waals surface area contributed by atoms with E-state index in [1.54, 1.807) is 0 Å². The van der Waals surface area contributed by atoms with E-state index in [2.05, 4.69) is 0 Å². The Balaban J connectivity index is 2.08. The lowest BCUT2D eigenvalue weighted by atomic mass is 9.97. The molecule has 0 aliphatic carbocycles. The molecule has 1 N–H and O–H groups in total. The van der Waals surface area contributed by atoms with Gasteiger partial charge in [0.2, 0.25) is 0 Å². The minimum absolute atomic E-state index is 0.219. The van der Waals surface area contributed by atoms with Crippen molar-refractivity contribution >= 4 is 12.1 Å². The molecule has 2 rings (SSSR count). The summed E-state index contributed by atoms with van der Waals surface area (Å²) in [7, 11) is 0. The molecule has 0 aromatic heterocycles. The van der Waals surface area contributed by atoms with Gasteiger partial charge in [-0.15, -0.1) is 0 Å². The molecule has 6 heteroatoms. The Morgan fingerprint density at radius 2 is 1.75 bits per heavy atom. The largest absolute Gasteiger partial charge is 0.480 e. The Kier molecular flexibility index (Phi) is 3.95. The number of carbonyl (C=O) groups excluding carboxylic acids is 1. The Hall–Kier alpha value is -1.30. The number of carboxylic acid groups (broad SMARTS) is 1. The summed E-state index contributed by atoms with van der Waals surface area (Å²) in [6, 6.07) is 0. The van der Waals surface area contributed by atoms with Crippen LogP contribution in [-0.4, -0.2) is 64.3 Å². The predicted molar refractivity (Wildman–Crippen MR) is 73.6 cm³/mol. The van der Waals surface area contributed by atoms with Crippen molar-refractivity contribution < 1.29 is 19.4 Å². The van der Waals surface area contributed by atoms with E-state index in [0.29, 0.717) is 13.0 Å². The highest BCUT2D eigenvalue weighted by molar-refractivity contribution is 5.81. The Labute approximate surface area is 119 Å². The number of nitrogens with zero attached hydrogens (tertiary/aromatic N) is 2. The molecule has 0 aromatic rings. The van der Waals surface area contributed by atoms with Crippen LogP contribution in [0.1, 0.15) is 40.0 Å². The summed E-state index contributed by atoms with van der Waals surface area (Å²) in [5.74, 6) is -0.828. The van der Waals surface area contributed by atoms with Crippen molar-refractivity contribution in [3.05, 3.63) is 0 Å². The highest BCUT2D eigenvalue weighted by atomic mass is 16.6. The lowest BCUT2D eigenvalue weighted by Gasteiger charge is -2.34. The molecule has 2 heterocycles. The fourth-order valence-corrected chi connectivity index (χ4v) is 2.99. The highest BCUT2D eigenvalue weighted by Gasteiger charge is 2.51. The van der Waals surface area contributed by atoms with Crippen LogP contribution in [0.15, 0.2) is 0 Å². The lowest BCUT2D eigenvalue weighted by Crippen LogP contribution is -2.55. The maximum absolute atomic E-state index is 12.1. The zero-order valence-electron chi connectivity index (χ0n) is 12.5. The molecule has 2 aliphatic rings. The van der Waals surface area contributed by atoms with Crippen molar-refractivity contribution in [1.82, 2.24) is 9.80 Å². The molecule has 0 bridgehead atoms. The summed E-state index contributed by atoms with van der Waals surface area (Å²) in [6.07, 6.45) is 2.12. The fourth-order valence-electron chi connectivity index (χ4n) is 2.99. The van der Waals surface area contributed by atoms with Crippen LogP contribution in [0.3, 0.4) is 0 Å². The third-order valence-corrected chi connectivity index (χ3v) is 4.01. The standard InChI is InChI=1S/C14H24N2O4/c1-13(2,3)20-12(19)15-9-6-14(10-15,11(17)18)16-7-4-5-8-16/h4-10H2,1-3H3,(H,17,18). The summed E-state index contributed by atoms with van der Waals surface area (Å²) in [5.41, 5.74) is -1.48. The van der Waals surface area contributed by atoms with E-state index in [1.807, 2.05) is 25.7 Å². The third kappa shape index (κ3) is 2.90. The summed E-state index contributed by atoms with van der Waals surface area (Å²) in [5, 5.41) is 9.64. The number of aliphatic carboxylic acids is 1. The fraction of sp³-hybridized carbons (Fsp3) is 0.857. The smallest absolute Gasteiger partial charge is 0.410 e. The molecule has 2 saturated heterocycles. The third-order valence-electron chi connectivity index (χ3n) is 4.01. The molecule has 0 radical (unpaired) electrons. The number of carbonyl (C=O) groups is 2. The van der Waals surface area contributed by atoms with Crippen LogP contribution in [-0.2, 0) is 9.53 Å². The van der Waals surface area contributed by atoms with E-state index in [4.69, 9.17) is 4.74 Å². The average Bonchev–Trinajstić information content (AvgIpc) is 2.97.